The topological polar surface area (TPSA) is 58.6 Å². The number of likely N-dealkylation sites (N-methyl/N-ethyl adjacent to an activating group) is 1. The van der Waals surface area contributed by atoms with Crippen molar-refractivity contribution in [1.82, 2.24) is 4.90 Å². The number of carbonyl (C=O) groups excluding carboxylic acids is 2. The Kier molecular flexibility index (Phi) is 6.91. The fraction of sp³-hybridized carbons (Fsp3) is 0.250. The van der Waals surface area contributed by atoms with Gasteiger partial charge < -0.3 is 10.1 Å². The molecule has 0 bridgehead atoms. The minimum atomic E-state index is -0.308. The molecule has 1 rings (SSSR count). The number of anilines is 1. The molecule has 1 aromatic rings. The lowest BCUT2D eigenvalue weighted by Crippen LogP contribution is -2.27. The van der Waals surface area contributed by atoms with Gasteiger partial charge in [-0.25, -0.2) is 0 Å². The van der Waals surface area contributed by atoms with Gasteiger partial charge in [-0.3, -0.25) is 14.5 Å². The van der Waals surface area contributed by atoms with Crippen molar-refractivity contribution in [2.24, 2.45) is 0 Å². The molecule has 0 radical (unpaired) electrons. The van der Waals surface area contributed by atoms with Gasteiger partial charge in [0.1, 0.15) is 0 Å². The molecule has 5 nitrogen and oxygen atoms in total. The van der Waals surface area contributed by atoms with E-state index in [0.29, 0.717) is 6.54 Å². The van der Waals surface area contributed by atoms with Crippen LogP contribution in [-0.4, -0.2) is 44.0 Å². The van der Waals surface area contributed by atoms with Crippen molar-refractivity contribution < 1.29 is 14.3 Å². The van der Waals surface area contributed by atoms with Crippen LogP contribution in [0.3, 0.4) is 0 Å². The average Bonchev–Trinajstić information content (AvgIpc) is 2.47. The van der Waals surface area contributed by atoms with Crippen LogP contribution in [0.15, 0.2) is 43.0 Å². The highest BCUT2D eigenvalue weighted by Crippen LogP contribution is 2.10. The summed E-state index contributed by atoms with van der Waals surface area (Å²) in [5.74, 6) is -0.523. The van der Waals surface area contributed by atoms with Gasteiger partial charge in [-0.15, -0.1) is 0 Å². The number of benzene rings is 1. The first-order valence-electron chi connectivity index (χ1n) is 6.50. The van der Waals surface area contributed by atoms with Gasteiger partial charge in [-0.2, -0.15) is 0 Å². The van der Waals surface area contributed by atoms with Crippen LogP contribution in [0.1, 0.15) is 5.56 Å². The van der Waals surface area contributed by atoms with E-state index in [1.807, 2.05) is 24.3 Å². The summed E-state index contributed by atoms with van der Waals surface area (Å²) in [6.45, 7) is 4.34. The molecule has 0 unspecified atom stereocenters. The Balaban J connectivity index is 2.40. The van der Waals surface area contributed by atoms with E-state index in [1.165, 1.54) is 13.2 Å². The van der Waals surface area contributed by atoms with E-state index in [-0.39, 0.29) is 18.4 Å². The number of ether oxygens (including phenoxy) is 1. The van der Waals surface area contributed by atoms with E-state index in [4.69, 9.17) is 0 Å². The van der Waals surface area contributed by atoms with Crippen molar-refractivity contribution in [3.63, 3.8) is 0 Å². The van der Waals surface area contributed by atoms with Gasteiger partial charge in [0.05, 0.1) is 13.7 Å². The maximum atomic E-state index is 11.7. The molecule has 0 aromatic heterocycles. The second kappa shape index (κ2) is 8.71. The van der Waals surface area contributed by atoms with E-state index in [2.05, 4.69) is 16.6 Å². The van der Waals surface area contributed by atoms with Gasteiger partial charge in [0.15, 0.2) is 0 Å². The van der Waals surface area contributed by atoms with Crippen molar-refractivity contribution in [2.75, 3.05) is 32.6 Å². The maximum absolute atomic E-state index is 11.7. The molecule has 5 heteroatoms. The normalized spacial score (nSPS) is 10.6. The molecule has 0 atom stereocenters. The predicted octanol–water partition coefficient (Wildman–Crippen LogP) is 1.93. The maximum Gasteiger partial charge on any atom is 0.319 e. The highest BCUT2D eigenvalue weighted by molar-refractivity contribution is 5.99. The zero-order chi connectivity index (χ0) is 15.7. The van der Waals surface area contributed by atoms with E-state index in [1.54, 1.807) is 24.1 Å². The summed E-state index contributed by atoms with van der Waals surface area (Å²) in [5, 5.41) is 2.75. The Bertz CT molecular complexity index is 521. The Morgan fingerprint density at radius 2 is 2.00 bits per heavy atom. The highest BCUT2D eigenvalue weighted by atomic mass is 16.5. The monoisotopic (exact) mass is 288 g/mol. The fourth-order valence-electron chi connectivity index (χ4n) is 1.58. The van der Waals surface area contributed by atoms with Crippen LogP contribution in [0, 0.1) is 0 Å². The second-order valence-electron chi connectivity index (χ2n) is 4.49. The van der Waals surface area contributed by atoms with E-state index in [9.17, 15) is 9.59 Å². The summed E-state index contributed by atoms with van der Waals surface area (Å²) in [6, 6.07) is 7.37. The number of rotatable bonds is 7. The van der Waals surface area contributed by atoms with Crippen molar-refractivity contribution in [2.45, 2.75) is 0 Å². The Morgan fingerprint density at radius 1 is 1.33 bits per heavy atom. The largest absolute Gasteiger partial charge is 0.468 e. The highest BCUT2D eigenvalue weighted by Gasteiger charge is 2.04. The third-order valence-electron chi connectivity index (χ3n) is 2.73. The number of esters is 1. The van der Waals surface area contributed by atoms with Gasteiger partial charge in [0, 0.05) is 18.3 Å². The standard InChI is InChI=1S/C16H20N2O3/c1-4-13-7-9-14(10-8-13)17-15(19)6-5-11-18(2)12-16(20)21-3/h4-10H,1,11-12H2,2-3H3,(H,17,19)/b6-5+. The number of amides is 1. The molecule has 0 heterocycles. The molecule has 0 aliphatic rings. The predicted molar refractivity (Wildman–Crippen MR) is 83.8 cm³/mol. The molecule has 0 saturated carbocycles. The number of nitrogens with zero attached hydrogens (tertiary/aromatic N) is 1. The Morgan fingerprint density at radius 3 is 2.57 bits per heavy atom. The molecule has 1 N–H and O–H groups in total. The molecule has 21 heavy (non-hydrogen) atoms. The quantitative estimate of drug-likeness (QED) is 0.615. The number of methoxy groups -OCH3 is 1. The van der Waals surface area contributed by atoms with Crippen molar-refractivity contribution in [3.05, 3.63) is 48.6 Å². The van der Waals surface area contributed by atoms with Gasteiger partial charge >= 0.3 is 5.97 Å². The van der Waals surface area contributed by atoms with Crippen molar-refractivity contribution in [3.8, 4) is 0 Å². The van der Waals surface area contributed by atoms with Gasteiger partial charge in [-0.1, -0.05) is 30.9 Å². The molecule has 1 aromatic carbocycles. The van der Waals surface area contributed by atoms with Crippen LogP contribution in [0.5, 0.6) is 0 Å². The third kappa shape index (κ3) is 6.54. The molecule has 0 aliphatic carbocycles. The molecular weight excluding hydrogens is 268 g/mol. The van der Waals surface area contributed by atoms with E-state index >= 15 is 0 Å². The summed E-state index contributed by atoms with van der Waals surface area (Å²) in [5.41, 5.74) is 1.71. The van der Waals surface area contributed by atoms with Crippen molar-refractivity contribution >= 4 is 23.6 Å². The molecule has 1 amide bonds. The van der Waals surface area contributed by atoms with Crippen LogP contribution in [0.4, 0.5) is 5.69 Å². The van der Waals surface area contributed by atoms with Crippen LogP contribution >= 0.6 is 0 Å². The number of hydrogen-bond acceptors (Lipinski definition) is 4. The molecular formula is C16H20N2O3. The van der Waals surface area contributed by atoms with Gasteiger partial charge in [-0.05, 0) is 24.7 Å². The first-order valence-corrected chi connectivity index (χ1v) is 6.50. The fourth-order valence-corrected chi connectivity index (χ4v) is 1.58. The lowest BCUT2D eigenvalue weighted by atomic mass is 10.2. The van der Waals surface area contributed by atoms with E-state index < -0.39 is 0 Å². The lowest BCUT2D eigenvalue weighted by molar-refractivity contribution is -0.141. The minimum absolute atomic E-state index is 0.186. The molecule has 0 saturated heterocycles. The zero-order valence-electron chi connectivity index (χ0n) is 12.3. The third-order valence-corrected chi connectivity index (χ3v) is 2.73. The zero-order valence-corrected chi connectivity index (χ0v) is 12.3. The number of nitrogens with one attached hydrogen (secondary N) is 1. The smallest absolute Gasteiger partial charge is 0.319 e. The summed E-state index contributed by atoms with van der Waals surface area (Å²) in [7, 11) is 3.12. The van der Waals surface area contributed by atoms with Gasteiger partial charge in [0.25, 0.3) is 0 Å². The number of carbonyl (C=O) groups is 2. The first-order chi connectivity index (χ1) is 10.0. The summed E-state index contributed by atoms with van der Waals surface area (Å²) in [6.07, 6.45) is 4.87. The minimum Gasteiger partial charge on any atom is -0.468 e. The second-order valence-corrected chi connectivity index (χ2v) is 4.49. The lowest BCUT2D eigenvalue weighted by Gasteiger charge is -2.11. The number of hydrogen-bond donors (Lipinski definition) is 1. The Hall–Kier alpha value is -2.40. The van der Waals surface area contributed by atoms with E-state index in [0.717, 1.165) is 11.3 Å². The molecule has 0 spiro atoms. The van der Waals surface area contributed by atoms with Crippen LogP contribution in [0.25, 0.3) is 6.08 Å². The Labute approximate surface area is 124 Å². The van der Waals surface area contributed by atoms with Crippen molar-refractivity contribution in [1.29, 1.82) is 0 Å². The average molecular weight is 288 g/mol. The molecule has 0 fully saturated rings. The van der Waals surface area contributed by atoms with Crippen LogP contribution in [-0.2, 0) is 14.3 Å². The molecule has 0 aliphatic heterocycles. The van der Waals surface area contributed by atoms with Crippen LogP contribution in [0.2, 0.25) is 0 Å². The summed E-state index contributed by atoms with van der Waals surface area (Å²) in [4.78, 5) is 24.5. The van der Waals surface area contributed by atoms with Gasteiger partial charge in [0.2, 0.25) is 5.91 Å². The van der Waals surface area contributed by atoms with Crippen LogP contribution < -0.4 is 5.32 Å². The SMILES string of the molecule is C=Cc1ccc(NC(=O)/C=C/CN(C)CC(=O)OC)cc1. The molecule has 112 valence electrons. The first kappa shape index (κ1) is 16.7. The summed E-state index contributed by atoms with van der Waals surface area (Å²) < 4.78 is 4.56. The summed E-state index contributed by atoms with van der Waals surface area (Å²) >= 11 is 0.